The van der Waals surface area contributed by atoms with Gasteiger partial charge in [0.25, 0.3) is 0 Å². The van der Waals surface area contributed by atoms with Gasteiger partial charge in [-0.25, -0.2) is 0 Å². The van der Waals surface area contributed by atoms with Crippen LogP contribution in [0.1, 0.15) is 52.4 Å². The van der Waals surface area contributed by atoms with E-state index in [-0.39, 0.29) is 11.0 Å². The van der Waals surface area contributed by atoms with Gasteiger partial charge in [-0.1, -0.05) is 31.6 Å². The van der Waals surface area contributed by atoms with E-state index in [1.807, 2.05) is 0 Å². The average molecular weight is 312 g/mol. The van der Waals surface area contributed by atoms with Crippen molar-refractivity contribution in [3.05, 3.63) is 35.1 Å². The van der Waals surface area contributed by atoms with E-state index in [1.165, 1.54) is 37.7 Å². The molecule has 2 nitrogen and oxygen atoms in total. The first kappa shape index (κ1) is 14.3. The number of rotatable bonds is 1. The van der Waals surface area contributed by atoms with E-state index in [9.17, 15) is 0 Å². The van der Waals surface area contributed by atoms with Gasteiger partial charge in [0.15, 0.2) is 0 Å². The highest BCUT2D eigenvalue weighted by atomic mass is 16.6. The van der Waals surface area contributed by atoms with Gasteiger partial charge in [0.1, 0.15) is 0 Å². The minimum atomic E-state index is 0.236. The van der Waals surface area contributed by atoms with Crippen molar-refractivity contribution >= 4 is 0 Å². The molecule has 5 aliphatic rings. The maximum atomic E-state index is 6.00. The zero-order valence-electron chi connectivity index (χ0n) is 14.7. The van der Waals surface area contributed by atoms with Crippen molar-refractivity contribution in [3.8, 4) is 0 Å². The largest absolute Gasteiger partial charge is 0.501 e. The second kappa shape index (κ2) is 4.33. The predicted octanol–water partition coefficient (Wildman–Crippen LogP) is 4.78. The summed E-state index contributed by atoms with van der Waals surface area (Å²) in [5, 5.41) is 0. The monoisotopic (exact) mass is 312 g/mol. The SMILES string of the molecule is COC1=CC2=CCC3C(=CCC4(C)C3CCC43CO3)C2(C)CC1. The lowest BCUT2D eigenvalue weighted by Gasteiger charge is -2.52. The molecule has 4 aliphatic carbocycles. The van der Waals surface area contributed by atoms with Gasteiger partial charge in [0.05, 0.1) is 25.1 Å². The van der Waals surface area contributed by atoms with Crippen molar-refractivity contribution in [1.29, 1.82) is 0 Å². The number of hydrogen-bond donors (Lipinski definition) is 0. The van der Waals surface area contributed by atoms with Crippen LogP contribution < -0.4 is 0 Å². The third-order valence-electron chi connectivity index (χ3n) is 8.16. The molecule has 0 bridgehead atoms. The van der Waals surface area contributed by atoms with Crippen LogP contribution in [0.25, 0.3) is 0 Å². The first-order chi connectivity index (χ1) is 11.0. The molecule has 0 aromatic heterocycles. The molecule has 1 heterocycles. The van der Waals surface area contributed by atoms with E-state index in [2.05, 4.69) is 32.1 Å². The quantitative estimate of drug-likeness (QED) is 0.513. The molecule has 0 N–H and O–H groups in total. The highest BCUT2D eigenvalue weighted by Gasteiger charge is 2.68. The Kier molecular flexibility index (Phi) is 2.70. The Bertz CT molecular complexity index is 651. The first-order valence-corrected chi connectivity index (χ1v) is 9.32. The summed E-state index contributed by atoms with van der Waals surface area (Å²) in [4.78, 5) is 0. The van der Waals surface area contributed by atoms with Crippen LogP contribution >= 0.6 is 0 Å². The third kappa shape index (κ3) is 1.64. The normalized spacial score (nSPS) is 50.3. The molecule has 2 fully saturated rings. The average Bonchev–Trinajstić information content (AvgIpc) is 3.28. The van der Waals surface area contributed by atoms with E-state index in [1.54, 1.807) is 12.7 Å². The molecule has 0 amide bonds. The molecule has 5 unspecified atom stereocenters. The molecule has 2 heteroatoms. The summed E-state index contributed by atoms with van der Waals surface area (Å²) >= 11 is 0. The van der Waals surface area contributed by atoms with E-state index < -0.39 is 0 Å². The molecule has 5 atom stereocenters. The Morgan fingerprint density at radius 2 is 2.04 bits per heavy atom. The second-order valence-electron chi connectivity index (χ2n) is 8.86. The highest BCUT2D eigenvalue weighted by molar-refractivity contribution is 5.45. The van der Waals surface area contributed by atoms with E-state index in [0.717, 1.165) is 30.6 Å². The maximum absolute atomic E-state index is 6.00. The number of methoxy groups -OCH3 is 1. The van der Waals surface area contributed by atoms with Gasteiger partial charge in [-0.3, -0.25) is 0 Å². The van der Waals surface area contributed by atoms with Gasteiger partial charge >= 0.3 is 0 Å². The Labute approximate surface area is 139 Å². The fraction of sp³-hybridized carbons (Fsp3) is 0.714. The molecule has 0 aromatic carbocycles. The lowest BCUT2D eigenvalue weighted by Crippen LogP contribution is -2.45. The number of fused-ring (bicyclic) bond motifs is 6. The Balaban J connectivity index is 1.56. The Morgan fingerprint density at radius 3 is 2.78 bits per heavy atom. The lowest BCUT2D eigenvalue weighted by atomic mass is 9.52. The summed E-state index contributed by atoms with van der Waals surface area (Å²) < 4.78 is 11.5. The van der Waals surface area contributed by atoms with Crippen LogP contribution in [-0.4, -0.2) is 19.3 Å². The summed E-state index contributed by atoms with van der Waals surface area (Å²) in [6.45, 7) is 5.99. The van der Waals surface area contributed by atoms with Crippen LogP contribution in [0.3, 0.4) is 0 Å². The molecule has 0 radical (unpaired) electrons. The van der Waals surface area contributed by atoms with Gasteiger partial charge in [-0.05, 0) is 55.6 Å². The van der Waals surface area contributed by atoms with E-state index >= 15 is 0 Å². The number of epoxide rings is 1. The highest BCUT2D eigenvalue weighted by Crippen LogP contribution is 2.68. The number of allylic oxidation sites excluding steroid dienone is 6. The standard InChI is InChI=1S/C21H28O2/c1-19-9-6-15(22-3)12-14(19)4-5-16-17(19)7-10-20(2)18(16)8-11-21(20)13-23-21/h4,7,12,16,18H,5-6,8-11,13H2,1-3H3. The minimum Gasteiger partial charge on any atom is -0.501 e. The van der Waals surface area contributed by atoms with Crippen LogP contribution in [0.15, 0.2) is 35.1 Å². The molecule has 23 heavy (non-hydrogen) atoms. The Hall–Kier alpha value is -1.02. The number of ether oxygens (including phenoxy) is 2. The minimum absolute atomic E-state index is 0.236. The summed E-state index contributed by atoms with van der Waals surface area (Å²) in [6, 6.07) is 0. The third-order valence-corrected chi connectivity index (χ3v) is 8.16. The van der Waals surface area contributed by atoms with Crippen molar-refractivity contribution in [2.24, 2.45) is 22.7 Å². The second-order valence-corrected chi connectivity index (χ2v) is 8.86. The zero-order chi connectivity index (χ0) is 15.9. The predicted molar refractivity (Wildman–Crippen MR) is 90.8 cm³/mol. The maximum Gasteiger partial charge on any atom is 0.0975 e. The van der Waals surface area contributed by atoms with Crippen LogP contribution in [-0.2, 0) is 9.47 Å². The fourth-order valence-corrected chi connectivity index (χ4v) is 6.42. The lowest BCUT2D eigenvalue weighted by molar-refractivity contribution is 0.0679. The molecule has 1 spiro atoms. The summed E-state index contributed by atoms with van der Waals surface area (Å²) in [7, 11) is 1.81. The van der Waals surface area contributed by atoms with Gasteiger partial charge in [0.2, 0.25) is 0 Å². The smallest absolute Gasteiger partial charge is 0.0975 e. The van der Waals surface area contributed by atoms with Crippen molar-refractivity contribution in [2.75, 3.05) is 13.7 Å². The molecule has 1 saturated carbocycles. The van der Waals surface area contributed by atoms with Crippen molar-refractivity contribution in [3.63, 3.8) is 0 Å². The zero-order valence-corrected chi connectivity index (χ0v) is 14.7. The van der Waals surface area contributed by atoms with Gasteiger partial charge in [0, 0.05) is 17.3 Å². The number of hydrogen-bond acceptors (Lipinski definition) is 2. The summed E-state index contributed by atoms with van der Waals surface area (Å²) in [5.74, 6) is 2.70. The molecule has 124 valence electrons. The molecule has 0 aromatic rings. The Morgan fingerprint density at radius 1 is 1.22 bits per heavy atom. The summed E-state index contributed by atoms with van der Waals surface area (Å²) in [6.07, 6.45) is 14.8. The van der Waals surface area contributed by atoms with Crippen LogP contribution in [0.4, 0.5) is 0 Å². The topological polar surface area (TPSA) is 21.8 Å². The fourth-order valence-electron chi connectivity index (χ4n) is 6.42. The van der Waals surface area contributed by atoms with Gasteiger partial charge < -0.3 is 9.47 Å². The van der Waals surface area contributed by atoms with Crippen LogP contribution in [0.5, 0.6) is 0 Å². The van der Waals surface area contributed by atoms with Crippen LogP contribution in [0.2, 0.25) is 0 Å². The molecule has 5 rings (SSSR count). The van der Waals surface area contributed by atoms with Crippen molar-refractivity contribution < 1.29 is 9.47 Å². The van der Waals surface area contributed by atoms with Gasteiger partial charge in [-0.15, -0.1) is 0 Å². The van der Waals surface area contributed by atoms with E-state index in [0.29, 0.717) is 5.41 Å². The van der Waals surface area contributed by atoms with Gasteiger partial charge in [-0.2, -0.15) is 0 Å². The summed E-state index contributed by atoms with van der Waals surface area (Å²) in [5.41, 5.74) is 4.10. The molecular weight excluding hydrogens is 284 g/mol. The van der Waals surface area contributed by atoms with Crippen molar-refractivity contribution in [1.82, 2.24) is 0 Å². The first-order valence-electron chi connectivity index (χ1n) is 9.32. The molecule has 1 saturated heterocycles. The van der Waals surface area contributed by atoms with Crippen LogP contribution in [0, 0.1) is 22.7 Å². The van der Waals surface area contributed by atoms with Crippen molar-refractivity contribution in [2.45, 2.75) is 58.0 Å². The van der Waals surface area contributed by atoms with E-state index in [4.69, 9.17) is 9.47 Å². The molecular formula is C21H28O2. The molecule has 1 aliphatic heterocycles.